The molecular weight excluding hydrogens is 283 g/mol. The maximum absolute atomic E-state index is 12.8. The molecule has 1 aromatic carbocycles. The van der Waals surface area contributed by atoms with E-state index in [-0.39, 0.29) is 6.10 Å². The zero-order valence-electron chi connectivity index (χ0n) is 11.4. The van der Waals surface area contributed by atoms with Crippen LogP contribution in [0.15, 0.2) is 24.3 Å². The van der Waals surface area contributed by atoms with Crippen LogP contribution in [0.3, 0.4) is 0 Å². The Morgan fingerprint density at radius 2 is 2.14 bits per heavy atom. The molecule has 0 radical (unpaired) electrons. The summed E-state index contributed by atoms with van der Waals surface area (Å²) in [7, 11) is 0. The number of ether oxygens (including phenoxy) is 1. The largest absolute Gasteiger partial charge is 0.406 e. The van der Waals surface area contributed by atoms with Crippen molar-refractivity contribution in [3.8, 4) is 0 Å². The molecule has 21 heavy (non-hydrogen) atoms. The lowest BCUT2D eigenvalue weighted by Gasteiger charge is -2.23. The molecule has 3 rings (SSSR count). The number of nitrogens with zero attached hydrogens (tertiary/aromatic N) is 2. The first-order valence-corrected chi connectivity index (χ1v) is 6.86. The van der Waals surface area contributed by atoms with Crippen LogP contribution in [-0.4, -0.2) is 41.5 Å². The molecule has 0 bridgehead atoms. The fraction of sp³-hybridized carbons (Fsp3) is 0.500. The topological polar surface area (TPSA) is 39.1 Å². The Balaban J connectivity index is 1.93. The highest BCUT2D eigenvalue weighted by Crippen LogP contribution is 2.24. The quantitative estimate of drug-likeness (QED) is 0.943. The molecule has 2 aromatic rings. The van der Waals surface area contributed by atoms with Gasteiger partial charge in [0.2, 0.25) is 0 Å². The fourth-order valence-corrected chi connectivity index (χ4v) is 2.59. The van der Waals surface area contributed by atoms with Gasteiger partial charge in [0.15, 0.2) is 0 Å². The molecule has 0 spiro atoms. The Hall–Kier alpha value is -1.60. The van der Waals surface area contributed by atoms with E-state index >= 15 is 0 Å². The molecule has 1 aliphatic heterocycles. The summed E-state index contributed by atoms with van der Waals surface area (Å²) < 4.78 is 45.2. The number of benzene rings is 1. The summed E-state index contributed by atoms with van der Waals surface area (Å²) in [6.07, 6.45) is -4.04. The minimum Gasteiger partial charge on any atom is -0.375 e. The smallest absolute Gasteiger partial charge is 0.375 e. The van der Waals surface area contributed by atoms with Gasteiger partial charge in [-0.1, -0.05) is 12.1 Å². The van der Waals surface area contributed by atoms with Crippen molar-refractivity contribution in [2.24, 2.45) is 0 Å². The maximum Gasteiger partial charge on any atom is 0.406 e. The normalized spacial score (nSPS) is 20.0. The Morgan fingerprint density at radius 3 is 2.86 bits per heavy atom. The number of para-hydroxylation sites is 2. The highest BCUT2D eigenvalue weighted by Gasteiger charge is 2.31. The van der Waals surface area contributed by atoms with Crippen LogP contribution in [0.1, 0.15) is 5.82 Å². The molecule has 1 aliphatic rings. The lowest BCUT2D eigenvalue weighted by Crippen LogP contribution is -2.40. The van der Waals surface area contributed by atoms with E-state index in [1.165, 1.54) is 4.57 Å². The number of hydrogen-bond acceptors (Lipinski definition) is 3. The highest BCUT2D eigenvalue weighted by molar-refractivity contribution is 5.75. The molecule has 2 heterocycles. The van der Waals surface area contributed by atoms with Gasteiger partial charge in [0, 0.05) is 19.5 Å². The van der Waals surface area contributed by atoms with Crippen LogP contribution in [0.4, 0.5) is 13.2 Å². The van der Waals surface area contributed by atoms with Gasteiger partial charge in [0.1, 0.15) is 12.4 Å². The van der Waals surface area contributed by atoms with Crippen LogP contribution in [-0.2, 0) is 17.7 Å². The number of aromatic nitrogens is 2. The first kappa shape index (κ1) is 14.3. The number of fused-ring (bicyclic) bond motifs is 1. The van der Waals surface area contributed by atoms with Gasteiger partial charge in [0.05, 0.1) is 23.7 Å². The van der Waals surface area contributed by atoms with Crippen molar-refractivity contribution in [1.29, 1.82) is 0 Å². The lowest BCUT2D eigenvalue weighted by molar-refractivity contribution is -0.140. The number of nitrogens with one attached hydrogen (secondary N) is 1. The van der Waals surface area contributed by atoms with E-state index in [0.717, 1.165) is 6.54 Å². The molecule has 114 valence electrons. The van der Waals surface area contributed by atoms with Gasteiger partial charge < -0.3 is 14.6 Å². The van der Waals surface area contributed by atoms with Crippen LogP contribution in [0.25, 0.3) is 11.0 Å². The number of halogens is 3. The number of imidazole rings is 1. The first-order valence-electron chi connectivity index (χ1n) is 6.86. The lowest BCUT2D eigenvalue weighted by atomic mass is 10.2. The highest BCUT2D eigenvalue weighted by atomic mass is 19.4. The standard InChI is InChI=1S/C14H16F3N3O/c15-14(16,17)9-20-12-4-2-1-3-11(12)19-13(20)7-10-8-18-5-6-21-10/h1-4,10,18H,5-9H2. The second-order valence-electron chi connectivity index (χ2n) is 5.12. The van der Waals surface area contributed by atoms with Crippen molar-refractivity contribution >= 4 is 11.0 Å². The zero-order chi connectivity index (χ0) is 14.9. The zero-order valence-corrected chi connectivity index (χ0v) is 11.4. The summed E-state index contributed by atoms with van der Waals surface area (Å²) in [4.78, 5) is 4.35. The number of hydrogen-bond donors (Lipinski definition) is 1. The van der Waals surface area contributed by atoms with Crippen LogP contribution in [0.5, 0.6) is 0 Å². The van der Waals surface area contributed by atoms with Gasteiger partial charge in [-0.05, 0) is 12.1 Å². The first-order chi connectivity index (χ1) is 10.0. The fourth-order valence-electron chi connectivity index (χ4n) is 2.59. The molecule has 7 heteroatoms. The molecule has 1 N–H and O–H groups in total. The van der Waals surface area contributed by atoms with E-state index in [9.17, 15) is 13.2 Å². The Kier molecular flexibility index (Phi) is 3.86. The third-order valence-corrected chi connectivity index (χ3v) is 3.49. The van der Waals surface area contributed by atoms with Crippen molar-refractivity contribution in [2.75, 3.05) is 19.7 Å². The Bertz CT molecular complexity index is 617. The summed E-state index contributed by atoms with van der Waals surface area (Å²) >= 11 is 0. The average Bonchev–Trinajstić information content (AvgIpc) is 2.76. The van der Waals surface area contributed by atoms with Crippen molar-refractivity contribution in [3.05, 3.63) is 30.1 Å². The van der Waals surface area contributed by atoms with Gasteiger partial charge in [-0.25, -0.2) is 4.98 Å². The van der Waals surface area contributed by atoms with Gasteiger partial charge in [0.25, 0.3) is 0 Å². The van der Waals surface area contributed by atoms with Gasteiger partial charge in [-0.2, -0.15) is 13.2 Å². The van der Waals surface area contributed by atoms with Crippen molar-refractivity contribution in [3.63, 3.8) is 0 Å². The van der Waals surface area contributed by atoms with Crippen molar-refractivity contribution in [1.82, 2.24) is 14.9 Å². The summed E-state index contributed by atoms with van der Waals surface area (Å²) in [6, 6.07) is 6.89. The van der Waals surface area contributed by atoms with E-state index in [2.05, 4.69) is 10.3 Å². The van der Waals surface area contributed by atoms with E-state index in [1.807, 2.05) is 0 Å². The minimum atomic E-state index is -4.27. The molecule has 0 amide bonds. The summed E-state index contributed by atoms with van der Waals surface area (Å²) in [6.45, 7) is 0.956. The van der Waals surface area contributed by atoms with E-state index in [4.69, 9.17) is 4.74 Å². The molecule has 4 nitrogen and oxygen atoms in total. The van der Waals surface area contributed by atoms with E-state index in [1.54, 1.807) is 24.3 Å². The second-order valence-corrected chi connectivity index (χ2v) is 5.12. The van der Waals surface area contributed by atoms with E-state index in [0.29, 0.717) is 36.4 Å². The predicted octanol–water partition coefficient (Wildman–Crippen LogP) is 2.13. The monoisotopic (exact) mass is 299 g/mol. The molecule has 0 aliphatic carbocycles. The van der Waals surface area contributed by atoms with Gasteiger partial charge >= 0.3 is 6.18 Å². The Labute approximate surface area is 119 Å². The van der Waals surface area contributed by atoms with Crippen LogP contribution in [0, 0.1) is 0 Å². The van der Waals surface area contributed by atoms with Gasteiger partial charge in [-0.15, -0.1) is 0 Å². The third kappa shape index (κ3) is 3.36. The molecule has 1 unspecified atom stereocenters. The number of alkyl halides is 3. The van der Waals surface area contributed by atoms with E-state index < -0.39 is 12.7 Å². The molecule has 1 atom stereocenters. The number of morpholine rings is 1. The number of rotatable bonds is 3. The average molecular weight is 299 g/mol. The molecular formula is C14H16F3N3O. The Morgan fingerprint density at radius 1 is 1.33 bits per heavy atom. The minimum absolute atomic E-state index is 0.137. The molecule has 1 aromatic heterocycles. The van der Waals surface area contributed by atoms with Crippen molar-refractivity contribution < 1.29 is 17.9 Å². The van der Waals surface area contributed by atoms with Crippen LogP contribution < -0.4 is 5.32 Å². The molecule has 0 saturated carbocycles. The molecule has 1 fully saturated rings. The summed E-state index contributed by atoms with van der Waals surface area (Å²) in [5.74, 6) is 0.419. The third-order valence-electron chi connectivity index (χ3n) is 3.49. The molecule has 1 saturated heterocycles. The van der Waals surface area contributed by atoms with Crippen molar-refractivity contribution in [2.45, 2.75) is 25.2 Å². The van der Waals surface area contributed by atoms with Gasteiger partial charge in [-0.3, -0.25) is 0 Å². The summed E-state index contributed by atoms with van der Waals surface area (Å²) in [5, 5.41) is 3.17. The van der Waals surface area contributed by atoms with Crippen LogP contribution in [0.2, 0.25) is 0 Å². The second kappa shape index (κ2) is 5.65. The van der Waals surface area contributed by atoms with Crippen LogP contribution >= 0.6 is 0 Å². The SMILES string of the molecule is FC(F)(F)Cn1c(CC2CNCCO2)nc2ccccc21. The summed E-state index contributed by atoms with van der Waals surface area (Å²) in [5.41, 5.74) is 1.09. The predicted molar refractivity (Wildman–Crippen MR) is 72.1 cm³/mol. The maximum atomic E-state index is 12.8.